The van der Waals surface area contributed by atoms with Gasteiger partial charge in [-0.25, -0.2) is 4.98 Å². The van der Waals surface area contributed by atoms with Gasteiger partial charge in [0.05, 0.1) is 11.9 Å². The van der Waals surface area contributed by atoms with Crippen molar-refractivity contribution in [1.29, 1.82) is 0 Å². The van der Waals surface area contributed by atoms with Crippen LogP contribution in [0.1, 0.15) is 34.6 Å². The third-order valence-corrected chi connectivity index (χ3v) is 2.70. The van der Waals surface area contributed by atoms with Crippen LogP contribution in [0.25, 0.3) is 0 Å². The van der Waals surface area contributed by atoms with Gasteiger partial charge in [0.2, 0.25) is 0 Å². The third kappa shape index (κ3) is 4.38. The van der Waals surface area contributed by atoms with Crippen LogP contribution in [-0.2, 0) is 5.54 Å². The lowest BCUT2D eigenvalue weighted by Gasteiger charge is -2.34. The first-order chi connectivity index (χ1) is 7.60. The van der Waals surface area contributed by atoms with Gasteiger partial charge < -0.3 is 15.2 Å². The Morgan fingerprint density at radius 3 is 2.24 bits per heavy atom. The molecule has 1 aromatic heterocycles. The molecule has 1 rings (SSSR count). The lowest BCUT2D eigenvalue weighted by molar-refractivity contribution is 0.163. The normalized spacial score (nSPS) is 13.4. The van der Waals surface area contributed by atoms with Crippen molar-refractivity contribution in [3.05, 3.63) is 12.5 Å². The van der Waals surface area contributed by atoms with Gasteiger partial charge in [0.1, 0.15) is 5.82 Å². The molecule has 0 fully saturated rings. The molecule has 0 amide bonds. The average molecular weight is 238 g/mol. The first-order valence-electron chi connectivity index (χ1n) is 6.09. The Labute approximate surface area is 105 Å². The third-order valence-electron chi connectivity index (χ3n) is 2.70. The number of rotatable bonds is 4. The van der Waals surface area contributed by atoms with Crippen molar-refractivity contribution in [2.45, 2.75) is 40.2 Å². The second-order valence-electron chi connectivity index (χ2n) is 6.75. The number of anilines is 1. The Hall–Kier alpha value is -1.03. The standard InChI is InChI=1S/C13H26N4/c1-12(2,3)8-16(6)9-13(4,5)17-7-11(14)15-10-17/h7,10H,8-9,14H2,1-6H3. The van der Waals surface area contributed by atoms with Crippen LogP contribution in [0.15, 0.2) is 12.5 Å². The van der Waals surface area contributed by atoms with Gasteiger partial charge in [-0.05, 0) is 26.3 Å². The van der Waals surface area contributed by atoms with Crippen molar-refractivity contribution < 1.29 is 0 Å². The predicted molar refractivity (Wildman–Crippen MR) is 72.9 cm³/mol. The van der Waals surface area contributed by atoms with E-state index in [1.54, 1.807) is 6.33 Å². The number of imidazole rings is 1. The maximum absolute atomic E-state index is 5.66. The fourth-order valence-corrected chi connectivity index (χ4v) is 2.28. The van der Waals surface area contributed by atoms with E-state index in [0.29, 0.717) is 11.2 Å². The summed E-state index contributed by atoms with van der Waals surface area (Å²) < 4.78 is 2.08. The molecule has 0 aliphatic carbocycles. The van der Waals surface area contributed by atoms with Crippen molar-refractivity contribution in [1.82, 2.24) is 14.5 Å². The van der Waals surface area contributed by atoms with E-state index in [4.69, 9.17) is 5.73 Å². The van der Waals surface area contributed by atoms with Crippen LogP contribution in [0.5, 0.6) is 0 Å². The highest BCUT2D eigenvalue weighted by Gasteiger charge is 2.24. The van der Waals surface area contributed by atoms with E-state index in [2.05, 4.69) is 56.1 Å². The molecule has 0 atom stereocenters. The largest absolute Gasteiger partial charge is 0.382 e. The SMILES string of the molecule is CN(CC(C)(C)C)CC(C)(C)n1cnc(N)c1. The summed E-state index contributed by atoms with van der Waals surface area (Å²) in [4.78, 5) is 6.44. The predicted octanol–water partition coefficient (Wildman–Crippen LogP) is 2.18. The highest BCUT2D eigenvalue weighted by molar-refractivity contribution is 5.23. The quantitative estimate of drug-likeness (QED) is 0.874. The molecule has 4 nitrogen and oxygen atoms in total. The molecule has 0 saturated heterocycles. The van der Waals surface area contributed by atoms with Crippen LogP contribution < -0.4 is 5.73 Å². The Bertz CT molecular complexity index is 360. The van der Waals surface area contributed by atoms with E-state index in [9.17, 15) is 0 Å². The molecule has 4 heteroatoms. The van der Waals surface area contributed by atoms with Crippen molar-refractivity contribution in [2.75, 3.05) is 25.9 Å². The van der Waals surface area contributed by atoms with Gasteiger partial charge in [0, 0.05) is 19.3 Å². The molecule has 2 N–H and O–H groups in total. The van der Waals surface area contributed by atoms with Gasteiger partial charge in [-0.2, -0.15) is 0 Å². The van der Waals surface area contributed by atoms with Gasteiger partial charge >= 0.3 is 0 Å². The zero-order chi connectivity index (χ0) is 13.3. The first-order valence-corrected chi connectivity index (χ1v) is 6.09. The summed E-state index contributed by atoms with van der Waals surface area (Å²) in [5.74, 6) is 0.580. The summed E-state index contributed by atoms with van der Waals surface area (Å²) in [6.45, 7) is 13.2. The van der Waals surface area contributed by atoms with Crippen LogP contribution in [0.3, 0.4) is 0 Å². The zero-order valence-corrected chi connectivity index (χ0v) is 12.0. The van der Waals surface area contributed by atoms with Crippen LogP contribution >= 0.6 is 0 Å². The van der Waals surface area contributed by atoms with Crippen molar-refractivity contribution in [2.24, 2.45) is 5.41 Å². The minimum atomic E-state index is 0.00458. The molecule has 0 bridgehead atoms. The molecule has 0 saturated carbocycles. The molecule has 1 aromatic rings. The lowest BCUT2D eigenvalue weighted by atomic mass is 9.95. The van der Waals surface area contributed by atoms with Gasteiger partial charge in [0.25, 0.3) is 0 Å². The maximum Gasteiger partial charge on any atom is 0.141 e. The zero-order valence-electron chi connectivity index (χ0n) is 12.0. The Balaban J connectivity index is 2.66. The molecule has 98 valence electrons. The van der Waals surface area contributed by atoms with E-state index in [0.717, 1.165) is 13.1 Å². The Morgan fingerprint density at radius 2 is 1.82 bits per heavy atom. The minimum absolute atomic E-state index is 0.00458. The highest BCUT2D eigenvalue weighted by atomic mass is 15.2. The van der Waals surface area contributed by atoms with Crippen LogP contribution in [-0.4, -0.2) is 34.6 Å². The Kier molecular flexibility index (Phi) is 3.87. The van der Waals surface area contributed by atoms with Gasteiger partial charge in [-0.3, -0.25) is 0 Å². The van der Waals surface area contributed by atoms with Crippen molar-refractivity contribution in [3.63, 3.8) is 0 Å². The number of nitrogens with zero attached hydrogens (tertiary/aromatic N) is 3. The van der Waals surface area contributed by atoms with Crippen molar-refractivity contribution in [3.8, 4) is 0 Å². The summed E-state index contributed by atoms with van der Waals surface area (Å²) in [5, 5.41) is 0. The average Bonchev–Trinajstić information content (AvgIpc) is 2.46. The first kappa shape index (κ1) is 14.0. The smallest absolute Gasteiger partial charge is 0.141 e. The van der Waals surface area contributed by atoms with Crippen molar-refractivity contribution >= 4 is 5.82 Å². The van der Waals surface area contributed by atoms with E-state index >= 15 is 0 Å². The van der Waals surface area contributed by atoms with Crippen LogP contribution in [0, 0.1) is 5.41 Å². The summed E-state index contributed by atoms with van der Waals surface area (Å²) in [5.41, 5.74) is 5.99. The molecule has 0 spiro atoms. The minimum Gasteiger partial charge on any atom is -0.382 e. The number of nitrogens with two attached hydrogens (primary N) is 1. The van der Waals surface area contributed by atoms with Crippen LogP contribution in [0.4, 0.5) is 5.82 Å². The van der Waals surface area contributed by atoms with Gasteiger partial charge in [0.15, 0.2) is 0 Å². The van der Waals surface area contributed by atoms with E-state index < -0.39 is 0 Å². The molecule has 0 unspecified atom stereocenters. The topological polar surface area (TPSA) is 47.1 Å². The highest BCUT2D eigenvalue weighted by Crippen LogP contribution is 2.20. The molecule has 17 heavy (non-hydrogen) atoms. The van der Waals surface area contributed by atoms with E-state index in [-0.39, 0.29) is 5.54 Å². The second kappa shape index (κ2) is 4.69. The monoisotopic (exact) mass is 238 g/mol. The second-order valence-corrected chi connectivity index (χ2v) is 6.75. The molecule has 0 aliphatic heterocycles. The Morgan fingerprint density at radius 1 is 1.24 bits per heavy atom. The van der Waals surface area contributed by atoms with Gasteiger partial charge in [-0.1, -0.05) is 20.8 Å². The van der Waals surface area contributed by atoms with Crippen LogP contribution in [0.2, 0.25) is 0 Å². The molecule has 0 aliphatic rings. The fourth-order valence-electron chi connectivity index (χ4n) is 2.28. The summed E-state index contributed by atoms with van der Waals surface area (Å²) in [6, 6.07) is 0. The molecule has 0 radical (unpaired) electrons. The number of hydrogen-bond acceptors (Lipinski definition) is 3. The van der Waals surface area contributed by atoms with Gasteiger partial charge in [-0.15, -0.1) is 0 Å². The lowest BCUT2D eigenvalue weighted by Crippen LogP contribution is -2.41. The van der Waals surface area contributed by atoms with E-state index in [1.807, 2.05) is 6.20 Å². The molecular formula is C13H26N4. The molecular weight excluding hydrogens is 212 g/mol. The number of aromatic nitrogens is 2. The summed E-state index contributed by atoms with van der Waals surface area (Å²) >= 11 is 0. The summed E-state index contributed by atoms with van der Waals surface area (Å²) in [7, 11) is 2.16. The maximum atomic E-state index is 5.66. The number of likely N-dealkylation sites (N-methyl/N-ethyl adjacent to an activating group) is 1. The molecule has 1 heterocycles. The summed E-state index contributed by atoms with van der Waals surface area (Å²) in [6.07, 6.45) is 3.70. The number of nitrogen functional groups attached to an aromatic ring is 1. The number of hydrogen-bond donors (Lipinski definition) is 1. The van der Waals surface area contributed by atoms with E-state index in [1.165, 1.54) is 0 Å². The fraction of sp³-hybridized carbons (Fsp3) is 0.769. The molecule has 0 aromatic carbocycles.